The van der Waals surface area contributed by atoms with Gasteiger partial charge in [0.2, 0.25) is 0 Å². The third-order valence-electron chi connectivity index (χ3n) is 3.54. The van der Waals surface area contributed by atoms with Crippen LogP contribution in [-0.2, 0) is 0 Å². The van der Waals surface area contributed by atoms with Gasteiger partial charge in [-0.25, -0.2) is 0 Å². The van der Waals surface area contributed by atoms with E-state index in [2.05, 4.69) is 15.9 Å². The molecule has 1 fully saturated rings. The first kappa shape index (κ1) is 13.4. The predicted molar refractivity (Wildman–Crippen MR) is 60.2 cm³/mol. The van der Waals surface area contributed by atoms with Crippen LogP contribution in [0.1, 0.15) is 40.0 Å². The molecule has 3 atom stereocenters. The molecule has 1 rings (SSSR count). The summed E-state index contributed by atoms with van der Waals surface area (Å²) in [6, 6.07) is 0. The molecule has 0 saturated heterocycles. The first-order chi connectivity index (χ1) is 6.68. The van der Waals surface area contributed by atoms with Gasteiger partial charge in [0.1, 0.15) is 5.60 Å². The highest BCUT2D eigenvalue weighted by Gasteiger charge is 2.58. The van der Waals surface area contributed by atoms with E-state index in [0.717, 1.165) is 6.42 Å². The largest absolute Gasteiger partial charge is 0.382 e. The third-order valence-corrected chi connectivity index (χ3v) is 4.23. The van der Waals surface area contributed by atoms with Gasteiger partial charge in [0.25, 0.3) is 0 Å². The first-order valence-electron chi connectivity index (χ1n) is 5.47. The molecule has 90 valence electrons. The zero-order valence-electron chi connectivity index (χ0n) is 9.43. The van der Waals surface area contributed by atoms with Gasteiger partial charge >= 0.3 is 4.83 Å². The van der Waals surface area contributed by atoms with Gasteiger partial charge in [0, 0.05) is 0 Å². The first-order valence-corrected chi connectivity index (χ1v) is 6.27. The summed E-state index contributed by atoms with van der Waals surface area (Å²) in [4.78, 5) is -3.19. The zero-order valence-corrected chi connectivity index (χ0v) is 11.0. The minimum absolute atomic E-state index is 0.0749. The molecule has 0 spiro atoms. The number of hydrogen-bond acceptors (Lipinski definition) is 1. The SMILES string of the molecule is CC1CCC(C(C)C)C(O)(C(F)(F)Br)C1. The molecule has 15 heavy (non-hydrogen) atoms. The van der Waals surface area contributed by atoms with Crippen molar-refractivity contribution in [3.63, 3.8) is 0 Å². The van der Waals surface area contributed by atoms with Crippen molar-refractivity contribution in [2.75, 3.05) is 0 Å². The lowest BCUT2D eigenvalue weighted by Gasteiger charge is -2.46. The Hall–Kier alpha value is 0.300. The van der Waals surface area contributed by atoms with Gasteiger partial charge < -0.3 is 5.11 Å². The Bertz CT molecular complexity index is 227. The summed E-state index contributed by atoms with van der Waals surface area (Å²) < 4.78 is 26.9. The fourth-order valence-corrected chi connectivity index (χ4v) is 3.15. The van der Waals surface area contributed by atoms with Crippen LogP contribution in [0.2, 0.25) is 0 Å². The molecule has 1 aliphatic rings. The average Bonchev–Trinajstić information content (AvgIpc) is 2.00. The van der Waals surface area contributed by atoms with Crippen molar-refractivity contribution in [2.24, 2.45) is 17.8 Å². The summed E-state index contributed by atoms with van der Waals surface area (Å²) in [5, 5.41) is 10.2. The molecule has 0 bridgehead atoms. The second-order valence-electron chi connectivity index (χ2n) is 5.16. The van der Waals surface area contributed by atoms with Gasteiger partial charge in [-0.05, 0) is 46.5 Å². The molecule has 4 heteroatoms. The summed E-state index contributed by atoms with van der Waals surface area (Å²) >= 11 is 2.35. The summed E-state index contributed by atoms with van der Waals surface area (Å²) in [6.45, 7) is 5.70. The summed E-state index contributed by atoms with van der Waals surface area (Å²) in [7, 11) is 0. The van der Waals surface area contributed by atoms with Crippen molar-refractivity contribution in [1.82, 2.24) is 0 Å². The molecule has 0 aliphatic heterocycles. The lowest BCUT2D eigenvalue weighted by molar-refractivity contribution is -0.184. The minimum atomic E-state index is -3.19. The Balaban J connectivity index is 2.97. The van der Waals surface area contributed by atoms with E-state index in [0.29, 0.717) is 6.42 Å². The van der Waals surface area contributed by atoms with Crippen molar-refractivity contribution in [2.45, 2.75) is 50.5 Å². The quantitative estimate of drug-likeness (QED) is 0.765. The van der Waals surface area contributed by atoms with Gasteiger partial charge in [-0.15, -0.1) is 0 Å². The fourth-order valence-electron chi connectivity index (χ4n) is 2.70. The van der Waals surface area contributed by atoms with Gasteiger partial charge in [-0.2, -0.15) is 8.78 Å². The normalized spacial score (nSPS) is 38.4. The molecule has 0 amide bonds. The molecule has 0 aromatic carbocycles. The van der Waals surface area contributed by atoms with Crippen LogP contribution in [0.15, 0.2) is 0 Å². The molecule has 3 unspecified atom stereocenters. The highest BCUT2D eigenvalue weighted by atomic mass is 79.9. The standard InChI is InChI=1S/C11H19BrF2O/c1-7(2)9-5-4-8(3)6-10(9,15)11(12,13)14/h7-9,15H,4-6H2,1-3H3. The molecule has 1 aliphatic carbocycles. The summed E-state index contributed by atoms with van der Waals surface area (Å²) in [5.41, 5.74) is -1.89. The van der Waals surface area contributed by atoms with Crippen LogP contribution >= 0.6 is 15.9 Å². The van der Waals surface area contributed by atoms with E-state index in [1.165, 1.54) is 0 Å². The Labute approximate surface area is 98.4 Å². The fraction of sp³-hybridized carbons (Fsp3) is 1.00. The monoisotopic (exact) mass is 284 g/mol. The van der Waals surface area contributed by atoms with Crippen molar-refractivity contribution < 1.29 is 13.9 Å². The van der Waals surface area contributed by atoms with Crippen LogP contribution in [-0.4, -0.2) is 15.5 Å². The van der Waals surface area contributed by atoms with Gasteiger partial charge in [0.15, 0.2) is 0 Å². The third kappa shape index (κ3) is 2.52. The van der Waals surface area contributed by atoms with Crippen molar-refractivity contribution in [3.8, 4) is 0 Å². The van der Waals surface area contributed by atoms with Gasteiger partial charge in [-0.1, -0.05) is 27.2 Å². The van der Waals surface area contributed by atoms with Crippen molar-refractivity contribution in [1.29, 1.82) is 0 Å². The van der Waals surface area contributed by atoms with E-state index in [-0.39, 0.29) is 24.2 Å². The maximum absolute atomic E-state index is 13.4. The molecule has 0 aromatic heterocycles. The minimum Gasteiger partial charge on any atom is -0.382 e. The van der Waals surface area contributed by atoms with Crippen molar-refractivity contribution in [3.05, 3.63) is 0 Å². The molecular formula is C11H19BrF2O. The predicted octanol–water partition coefficient (Wildman–Crippen LogP) is 3.80. The van der Waals surface area contributed by atoms with Crippen LogP contribution in [0.3, 0.4) is 0 Å². The number of rotatable bonds is 2. The molecular weight excluding hydrogens is 266 g/mol. The van der Waals surface area contributed by atoms with Crippen molar-refractivity contribution >= 4 is 15.9 Å². The van der Waals surface area contributed by atoms with Crippen LogP contribution in [0.25, 0.3) is 0 Å². The second kappa shape index (κ2) is 4.28. The lowest BCUT2D eigenvalue weighted by atomic mass is 9.67. The van der Waals surface area contributed by atoms with Crippen LogP contribution in [0, 0.1) is 17.8 Å². The van der Waals surface area contributed by atoms with Crippen LogP contribution in [0.4, 0.5) is 8.78 Å². The maximum Gasteiger partial charge on any atom is 0.329 e. The second-order valence-corrected chi connectivity index (χ2v) is 6.16. The molecule has 0 heterocycles. The Morgan fingerprint density at radius 1 is 1.40 bits per heavy atom. The van der Waals surface area contributed by atoms with E-state index >= 15 is 0 Å². The Morgan fingerprint density at radius 2 is 1.93 bits per heavy atom. The highest BCUT2D eigenvalue weighted by Crippen LogP contribution is 2.51. The van der Waals surface area contributed by atoms with Gasteiger partial charge in [0.05, 0.1) is 0 Å². The number of halogens is 3. The maximum atomic E-state index is 13.4. The van der Waals surface area contributed by atoms with E-state index in [9.17, 15) is 13.9 Å². The average molecular weight is 285 g/mol. The highest BCUT2D eigenvalue weighted by molar-refractivity contribution is 9.10. The number of alkyl halides is 3. The topological polar surface area (TPSA) is 20.2 Å². The lowest BCUT2D eigenvalue weighted by Crippen LogP contribution is -2.55. The Morgan fingerprint density at radius 3 is 2.33 bits per heavy atom. The van der Waals surface area contributed by atoms with Crippen LogP contribution < -0.4 is 0 Å². The number of hydrogen-bond donors (Lipinski definition) is 1. The Kier molecular flexibility index (Phi) is 3.82. The summed E-state index contributed by atoms with van der Waals surface area (Å²) in [5.74, 6) is -0.0950. The molecule has 0 aromatic rings. The molecule has 1 saturated carbocycles. The van der Waals surface area contributed by atoms with Crippen LogP contribution in [0.5, 0.6) is 0 Å². The number of aliphatic hydroxyl groups is 1. The van der Waals surface area contributed by atoms with E-state index in [4.69, 9.17) is 0 Å². The van der Waals surface area contributed by atoms with Gasteiger partial charge in [-0.3, -0.25) is 0 Å². The zero-order chi connectivity index (χ0) is 11.9. The molecule has 0 radical (unpaired) electrons. The van der Waals surface area contributed by atoms with E-state index < -0.39 is 10.4 Å². The molecule has 1 N–H and O–H groups in total. The van der Waals surface area contributed by atoms with E-state index in [1.807, 2.05) is 20.8 Å². The summed E-state index contributed by atoms with van der Waals surface area (Å²) in [6.07, 6.45) is 1.78. The smallest absolute Gasteiger partial charge is 0.329 e. The molecule has 1 nitrogen and oxygen atoms in total. The van der Waals surface area contributed by atoms with E-state index in [1.54, 1.807) is 0 Å².